The van der Waals surface area contributed by atoms with Crippen molar-refractivity contribution in [1.29, 1.82) is 0 Å². The van der Waals surface area contributed by atoms with Gasteiger partial charge in [0.1, 0.15) is 18.0 Å². The van der Waals surface area contributed by atoms with Crippen LogP contribution in [0.5, 0.6) is 0 Å². The van der Waals surface area contributed by atoms with Gasteiger partial charge in [0.2, 0.25) is 0 Å². The Kier molecular flexibility index (Phi) is 5.76. The fourth-order valence-corrected chi connectivity index (χ4v) is 3.55. The minimum Gasteiger partial charge on any atom is -0.329 e. The molecule has 0 spiro atoms. The minimum atomic E-state index is -4.57. The number of carbonyl (C=O) groups excluding carboxylic acids is 1. The molecule has 0 aliphatic heterocycles. The van der Waals surface area contributed by atoms with E-state index in [2.05, 4.69) is 30.2 Å². The van der Waals surface area contributed by atoms with Gasteiger partial charge in [-0.1, -0.05) is 12.1 Å². The molecule has 2 aromatic carbocycles. The number of alkyl halides is 3. The van der Waals surface area contributed by atoms with E-state index in [1.807, 2.05) is 0 Å². The van der Waals surface area contributed by atoms with Crippen molar-refractivity contribution in [3.8, 4) is 0 Å². The summed E-state index contributed by atoms with van der Waals surface area (Å²) < 4.78 is 54.3. The number of hydrogen-bond acceptors (Lipinski definition) is 6. The van der Waals surface area contributed by atoms with Crippen LogP contribution in [0.1, 0.15) is 15.9 Å². The molecule has 3 aromatic heterocycles. The van der Waals surface area contributed by atoms with Gasteiger partial charge in [-0.25, -0.2) is 24.3 Å². The first-order valence-electron chi connectivity index (χ1n) is 10.4. The molecule has 0 aliphatic carbocycles. The van der Waals surface area contributed by atoms with E-state index in [1.165, 1.54) is 48.0 Å². The lowest BCUT2D eigenvalue weighted by atomic mass is 10.1. The Morgan fingerprint density at radius 2 is 1.81 bits per heavy atom. The summed E-state index contributed by atoms with van der Waals surface area (Å²) in [5.41, 5.74) is -0.309. The van der Waals surface area contributed by atoms with E-state index in [-0.39, 0.29) is 28.6 Å². The molecule has 0 radical (unpaired) electrons. The number of nitrogens with one attached hydrogen (secondary N) is 2. The van der Waals surface area contributed by atoms with Gasteiger partial charge in [0, 0.05) is 17.4 Å². The molecule has 0 fully saturated rings. The summed E-state index contributed by atoms with van der Waals surface area (Å²) in [6, 6.07) is 12.8. The Morgan fingerprint density at radius 3 is 2.58 bits per heavy atom. The minimum absolute atomic E-state index is 0.00271. The molecular weight excluding hydrogens is 478 g/mol. The van der Waals surface area contributed by atoms with Gasteiger partial charge >= 0.3 is 6.18 Å². The number of benzene rings is 2. The number of imidazole rings is 1. The van der Waals surface area contributed by atoms with Crippen LogP contribution in [0.4, 0.5) is 40.6 Å². The molecular formula is C24H15F4N7O. The Bertz CT molecular complexity index is 1550. The van der Waals surface area contributed by atoms with Gasteiger partial charge in [-0.15, -0.1) is 0 Å². The van der Waals surface area contributed by atoms with E-state index < -0.39 is 23.5 Å². The second-order valence-corrected chi connectivity index (χ2v) is 7.52. The van der Waals surface area contributed by atoms with Crippen LogP contribution in [-0.2, 0) is 6.18 Å². The van der Waals surface area contributed by atoms with Crippen molar-refractivity contribution in [2.45, 2.75) is 6.18 Å². The van der Waals surface area contributed by atoms with Gasteiger partial charge in [0.05, 0.1) is 17.6 Å². The highest BCUT2D eigenvalue weighted by Gasteiger charge is 2.30. The number of rotatable bonds is 5. The molecule has 2 N–H and O–H groups in total. The smallest absolute Gasteiger partial charge is 0.329 e. The van der Waals surface area contributed by atoms with E-state index in [0.29, 0.717) is 11.2 Å². The zero-order valence-corrected chi connectivity index (χ0v) is 18.2. The second-order valence-electron chi connectivity index (χ2n) is 7.52. The van der Waals surface area contributed by atoms with Crippen molar-refractivity contribution in [1.82, 2.24) is 24.9 Å². The van der Waals surface area contributed by atoms with E-state index in [1.54, 1.807) is 18.2 Å². The van der Waals surface area contributed by atoms with E-state index in [0.717, 1.165) is 18.2 Å². The lowest BCUT2D eigenvalue weighted by molar-refractivity contribution is -0.137. The Morgan fingerprint density at radius 1 is 0.944 bits per heavy atom. The molecule has 0 unspecified atom stereocenters. The fourth-order valence-electron chi connectivity index (χ4n) is 3.55. The van der Waals surface area contributed by atoms with Crippen molar-refractivity contribution in [2.75, 3.05) is 10.2 Å². The number of hydrogen-bond donors (Lipinski definition) is 2. The number of aromatic amines is 1. The number of amides is 1. The SMILES string of the molecule is O=C(Nc1cccc(C(F)(F)F)c1)c1ccc(F)c(N(c2ccccn2)c2ncnc3[nH]cnc23)c1. The highest BCUT2D eigenvalue weighted by molar-refractivity contribution is 6.05. The van der Waals surface area contributed by atoms with Crippen LogP contribution in [0.3, 0.4) is 0 Å². The number of pyridine rings is 1. The van der Waals surface area contributed by atoms with Crippen LogP contribution in [-0.4, -0.2) is 30.8 Å². The molecule has 0 aliphatic rings. The third-order valence-electron chi connectivity index (χ3n) is 5.19. The number of aromatic nitrogens is 5. The van der Waals surface area contributed by atoms with Crippen LogP contribution >= 0.6 is 0 Å². The molecule has 36 heavy (non-hydrogen) atoms. The number of H-pyrrole nitrogens is 1. The Hall–Kier alpha value is -4.87. The van der Waals surface area contributed by atoms with E-state index >= 15 is 4.39 Å². The molecule has 5 rings (SSSR count). The number of fused-ring (bicyclic) bond motifs is 1. The molecule has 0 saturated heterocycles. The van der Waals surface area contributed by atoms with Crippen LogP contribution in [0.2, 0.25) is 0 Å². The normalized spacial score (nSPS) is 11.4. The first-order chi connectivity index (χ1) is 17.3. The first kappa shape index (κ1) is 22.9. The average Bonchev–Trinajstić information content (AvgIpc) is 3.35. The van der Waals surface area contributed by atoms with Crippen molar-refractivity contribution in [3.05, 3.63) is 96.5 Å². The van der Waals surface area contributed by atoms with Crippen molar-refractivity contribution in [2.24, 2.45) is 0 Å². The van der Waals surface area contributed by atoms with Gasteiger partial charge in [0.15, 0.2) is 17.0 Å². The van der Waals surface area contributed by atoms with Gasteiger partial charge in [-0.2, -0.15) is 13.2 Å². The topological polar surface area (TPSA) is 99.7 Å². The van der Waals surface area contributed by atoms with E-state index in [9.17, 15) is 18.0 Å². The molecule has 0 bridgehead atoms. The average molecular weight is 493 g/mol. The van der Waals surface area contributed by atoms with E-state index in [4.69, 9.17) is 0 Å². The summed E-state index contributed by atoms with van der Waals surface area (Å²) in [5, 5.41) is 2.42. The Labute approximate surface area is 200 Å². The molecule has 180 valence electrons. The number of carbonyl (C=O) groups is 1. The maximum absolute atomic E-state index is 15.2. The maximum Gasteiger partial charge on any atom is 0.416 e. The van der Waals surface area contributed by atoms with Crippen molar-refractivity contribution >= 4 is 40.1 Å². The zero-order chi connectivity index (χ0) is 25.3. The molecule has 1 amide bonds. The lowest BCUT2D eigenvalue weighted by Gasteiger charge is -2.24. The summed E-state index contributed by atoms with van der Waals surface area (Å²) in [4.78, 5) is 34.0. The van der Waals surface area contributed by atoms with Crippen LogP contribution in [0.15, 0.2) is 79.5 Å². The first-order valence-corrected chi connectivity index (χ1v) is 10.4. The summed E-state index contributed by atoms with van der Waals surface area (Å²) >= 11 is 0. The quantitative estimate of drug-likeness (QED) is 0.308. The zero-order valence-electron chi connectivity index (χ0n) is 18.2. The molecule has 8 nitrogen and oxygen atoms in total. The summed E-state index contributed by atoms with van der Waals surface area (Å²) in [6.45, 7) is 0. The monoisotopic (exact) mass is 493 g/mol. The maximum atomic E-state index is 15.2. The predicted octanol–water partition coefficient (Wildman–Crippen LogP) is 5.63. The standard InChI is InChI=1S/C24H15F4N7O/c25-17-8-7-14(23(36)34-16-5-3-4-15(11-16)24(26,27)28)10-18(17)35(19-6-1-2-9-29-19)22-20-21(31-12-30-20)32-13-33-22/h1-13H,(H,34,36)(H,30,31,32,33). The van der Waals surface area contributed by atoms with Crippen LogP contribution in [0.25, 0.3) is 11.2 Å². The predicted molar refractivity (Wildman–Crippen MR) is 124 cm³/mol. The molecule has 12 heteroatoms. The van der Waals surface area contributed by atoms with Crippen molar-refractivity contribution in [3.63, 3.8) is 0 Å². The van der Waals surface area contributed by atoms with Gasteiger partial charge in [0.25, 0.3) is 5.91 Å². The second kappa shape index (κ2) is 9.06. The van der Waals surface area contributed by atoms with Gasteiger partial charge < -0.3 is 10.3 Å². The molecule has 3 heterocycles. The van der Waals surface area contributed by atoms with Gasteiger partial charge in [-0.05, 0) is 48.5 Å². The number of anilines is 4. The summed E-state index contributed by atoms with van der Waals surface area (Å²) in [7, 11) is 0. The molecule has 5 aromatic rings. The largest absolute Gasteiger partial charge is 0.416 e. The van der Waals surface area contributed by atoms with Gasteiger partial charge in [-0.3, -0.25) is 9.69 Å². The van der Waals surface area contributed by atoms with Crippen molar-refractivity contribution < 1.29 is 22.4 Å². The molecule has 0 saturated carbocycles. The summed E-state index contributed by atoms with van der Waals surface area (Å²) in [6.07, 6.45) is -0.377. The fraction of sp³-hybridized carbons (Fsp3) is 0.0417. The highest BCUT2D eigenvalue weighted by atomic mass is 19.4. The lowest BCUT2D eigenvalue weighted by Crippen LogP contribution is -2.18. The highest BCUT2D eigenvalue weighted by Crippen LogP contribution is 2.37. The van der Waals surface area contributed by atoms with Crippen LogP contribution < -0.4 is 10.2 Å². The Balaban J connectivity index is 1.57. The summed E-state index contributed by atoms with van der Waals surface area (Å²) in [5.74, 6) is -0.938. The third-order valence-corrected chi connectivity index (χ3v) is 5.19. The molecule has 0 atom stereocenters. The third kappa shape index (κ3) is 4.43. The van der Waals surface area contributed by atoms with Crippen LogP contribution in [0, 0.1) is 5.82 Å². The number of nitrogens with zero attached hydrogens (tertiary/aromatic N) is 5. The number of halogens is 4.